The van der Waals surface area contributed by atoms with Gasteiger partial charge in [-0.15, -0.1) is 10.2 Å². The molecule has 0 aromatic carbocycles. The van der Waals surface area contributed by atoms with Gasteiger partial charge in [0.15, 0.2) is 11.0 Å². The first-order chi connectivity index (χ1) is 9.46. The second-order valence-electron chi connectivity index (χ2n) is 4.63. The number of aromatic nitrogens is 6. The fourth-order valence-corrected chi connectivity index (χ4v) is 2.50. The number of esters is 1. The lowest BCUT2D eigenvalue weighted by atomic mass is 10.1. The molecule has 20 heavy (non-hydrogen) atoms. The Labute approximate surface area is 120 Å². The number of carbonyl (C=O) groups is 1. The first-order valence-electron chi connectivity index (χ1n) is 5.91. The van der Waals surface area contributed by atoms with E-state index in [4.69, 9.17) is 0 Å². The summed E-state index contributed by atoms with van der Waals surface area (Å²) in [6.45, 7) is 3.95. The monoisotopic (exact) mass is 296 g/mol. The van der Waals surface area contributed by atoms with Gasteiger partial charge >= 0.3 is 5.97 Å². The molecule has 0 aliphatic rings. The van der Waals surface area contributed by atoms with Crippen molar-refractivity contribution >= 4 is 17.7 Å². The third-order valence-electron chi connectivity index (χ3n) is 2.92. The van der Waals surface area contributed by atoms with Gasteiger partial charge in [-0.3, -0.25) is 4.79 Å². The molecule has 2 rings (SSSR count). The molecule has 0 saturated heterocycles. The van der Waals surface area contributed by atoms with Crippen LogP contribution in [0.3, 0.4) is 0 Å². The van der Waals surface area contributed by atoms with E-state index in [0.717, 1.165) is 5.82 Å². The standard InChI is InChI=1S/C11H16N6O2S/c1-11(2,17-7-12-6-13-17)9-14-15-10(16(9)3)20-5-8(18)19-4/h6-7H,5H2,1-4H3. The molecule has 9 heteroatoms. The third kappa shape index (κ3) is 2.67. The summed E-state index contributed by atoms with van der Waals surface area (Å²) in [6, 6.07) is 0. The zero-order chi connectivity index (χ0) is 14.8. The quantitative estimate of drug-likeness (QED) is 0.585. The Morgan fingerprint density at radius 2 is 2.20 bits per heavy atom. The van der Waals surface area contributed by atoms with Crippen molar-refractivity contribution in [1.29, 1.82) is 0 Å². The van der Waals surface area contributed by atoms with Crippen molar-refractivity contribution in [2.45, 2.75) is 24.5 Å². The smallest absolute Gasteiger partial charge is 0.316 e. The number of rotatable bonds is 5. The van der Waals surface area contributed by atoms with Crippen molar-refractivity contribution in [3.63, 3.8) is 0 Å². The Morgan fingerprint density at radius 3 is 2.80 bits per heavy atom. The Hall–Kier alpha value is -1.90. The molecule has 0 atom stereocenters. The van der Waals surface area contributed by atoms with E-state index >= 15 is 0 Å². The van der Waals surface area contributed by atoms with Crippen molar-refractivity contribution in [2.75, 3.05) is 12.9 Å². The minimum Gasteiger partial charge on any atom is -0.468 e. The molecule has 0 aliphatic carbocycles. The Balaban J connectivity index is 2.22. The molecule has 0 fully saturated rings. The maximum absolute atomic E-state index is 11.2. The van der Waals surface area contributed by atoms with Crippen LogP contribution in [0.4, 0.5) is 0 Å². The summed E-state index contributed by atoms with van der Waals surface area (Å²) in [5.41, 5.74) is -0.484. The summed E-state index contributed by atoms with van der Waals surface area (Å²) in [6.07, 6.45) is 3.11. The fourth-order valence-electron chi connectivity index (χ4n) is 1.76. The largest absolute Gasteiger partial charge is 0.468 e. The van der Waals surface area contributed by atoms with Crippen LogP contribution in [-0.2, 0) is 22.1 Å². The van der Waals surface area contributed by atoms with E-state index in [-0.39, 0.29) is 11.7 Å². The van der Waals surface area contributed by atoms with Crippen LogP contribution < -0.4 is 0 Å². The number of ether oxygens (including phenoxy) is 1. The highest BCUT2D eigenvalue weighted by Gasteiger charge is 2.30. The molecule has 0 amide bonds. The van der Waals surface area contributed by atoms with Crippen LogP contribution in [-0.4, -0.2) is 48.4 Å². The van der Waals surface area contributed by atoms with Gasteiger partial charge < -0.3 is 9.30 Å². The van der Waals surface area contributed by atoms with E-state index in [1.165, 1.54) is 25.2 Å². The average Bonchev–Trinajstić information content (AvgIpc) is 3.06. The number of carbonyl (C=O) groups excluding carboxylic acids is 1. The maximum Gasteiger partial charge on any atom is 0.316 e. The molecule has 0 N–H and O–H groups in total. The van der Waals surface area contributed by atoms with Gasteiger partial charge in [0, 0.05) is 7.05 Å². The van der Waals surface area contributed by atoms with Crippen molar-refractivity contribution in [1.82, 2.24) is 29.5 Å². The molecule has 0 saturated carbocycles. The van der Waals surface area contributed by atoms with Gasteiger partial charge in [-0.25, -0.2) is 9.67 Å². The van der Waals surface area contributed by atoms with Crippen molar-refractivity contribution in [3.05, 3.63) is 18.5 Å². The molecule has 8 nitrogen and oxygen atoms in total. The van der Waals surface area contributed by atoms with Gasteiger partial charge in [0.2, 0.25) is 0 Å². The lowest BCUT2D eigenvalue weighted by molar-refractivity contribution is -0.137. The maximum atomic E-state index is 11.2. The third-order valence-corrected chi connectivity index (χ3v) is 3.91. The summed E-state index contributed by atoms with van der Waals surface area (Å²) in [4.78, 5) is 15.1. The first-order valence-corrected chi connectivity index (χ1v) is 6.90. The van der Waals surface area contributed by atoms with Gasteiger partial charge in [0.1, 0.15) is 18.2 Å². The highest BCUT2D eigenvalue weighted by atomic mass is 32.2. The SMILES string of the molecule is COC(=O)CSc1nnc(C(C)(C)n2cncn2)n1C. The van der Waals surface area contributed by atoms with Crippen molar-refractivity contribution in [3.8, 4) is 0 Å². The van der Waals surface area contributed by atoms with Crippen LogP contribution in [0.15, 0.2) is 17.8 Å². The Bertz CT molecular complexity index is 592. The highest BCUT2D eigenvalue weighted by molar-refractivity contribution is 7.99. The van der Waals surface area contributed by atoms with E-state index in [0.29, 0.717) is 5.16 Å². The van der Waals surface area contributed by atoms with E-state index < -0.39 is 5.54 Å². The second-order valence-corrected chi connectivity index (χ2v) is 5.57. The predicted molar refractivity (Wildman–Crippen MR) is 72.2 cm³/mol. The first kappa shape index (κ1) is 14.5. The average molecular weight is 296 g/mol. The topological polar surface area (TPSA) is 87.7 Å². The molecular weight excluding hydrogens is 280 g/mol. The number of hydrogen-bond donors (Lipinski definition) is 0. The van der Waals surface area contributed by atoms with Crippen LogP contribution in [0.25, 0.3) is 0 Å². The van der Waals surface area contributed by atoms with Crippen LogP contribution >= 0.6 is 11.8 Å². The van der Waals surface area contributed by atoms with Gasteiger partial charge in [0.05, 0.1) is 12.9 Å². The number of methoxy groups -OCH3 is 1. The summed E-state index contributed by atoms with van der Waals surface area (Å²) >= 11 is 1.28. The lowest BCUT2D eigenvalue weighted by Gasteiger charge is -2.23. The molecule has 0 radical (unpaired) electrons. The highest BCUT2D eigenvalue weighted by Crippen LogP contribution is 2.25. The molecule has 2 aromatic heterocycles. The molecule has 0 unspecified atom stereocenters. The van der Waals surface area contributed by atoms with Crippen LogP contribution in [0, 0.1) is 0 Å². The Morgan fingerprint density at radius 1 is 1.45 bits per heavy atom. The van der Waals surface area contributed by atoms with Crippen LogP contribution in [0.1, 0.15) is 19.7 Å². The molecule has 2 aromatic rings. The minimum absolute atomic E-state index is 0.201. The number of nitrogens with zero attached hydrogens (tertiary/aromatic N) is 6. The zero-order valence-corrected chi connectivity index (χ0v) is 12.6. The summed E-state index contributed by atoms with van der Waals surface area (Å²) in [5, 5.41) is 13.1. The fraction of sp³-hybridized carbons (Fsp3) is 0.545. The number of thioether (sulfide) groups is 1. The summed E-state index contributed by atoms with van der Waals surface area (Å²) < 4.78 is 8.16. The molecular formula is C11H16N6O2S. The second kappa shape index (κ2) is 5.61. The molecule has 0 spiro atoms. The predicted octanol–water partition coefficient (Wildman–Crippen LogP) is 0.455. The Kier molecular flexibility index (Phi) is 4.07. The van der Waals surface area contributed by atoms with Gasteiger partial charge in [-0.2, -0.15) is 5.10 Å². The van der Waals surface area contributed by atoms with Crippen molar-refractivity contribution in [2.24, 2.45) is 7.05 Å². The summed E-state index contributed by atoms with van der Waals surface area (Å²) in [5.74, 6) is 0.636. The van der Waals surface area contributed by atoms with Gasteiger partial charge in [-0.1, -0.05) is 11.8 Å². The number of hydrogen-bond acceptors (Lipinski definition) is 7. The van der Waals surface area contributed by atoms with E-state index in [9.17, 15) is 4.79 Å². The van der Waals surface area contributed by atoms with E-state index in [1.807, 2.05) is 25.5 Å². The van der Waals surface area contributed by atoms with Crippen LogP contribution in [0.2, 0.25) is 0 Å². The van der Waals surface area contributed by atoms with Gasteiger partial charge in [0.25, 0.3) is 0 Å². The molecule has 0 bridgehead atoms. The van der Waals surface area contributed by atoms with E-state index in [2.05, 4.69) is 25.0 Å². The van der Waals surface area contributed by atoms with Gasteiger partial charge in [-0.05, 0) is 13.8 Å². The molecule has 2 heterocycles. The normalized spacial score (nSPS) is 11.6. The van der Waals surface area contributed by atoms with Crippen LogP contribution in [0.5, 0.6) is 0 Å². The van der Waals surface area contributed by atoms with E-state index in [1.54, 1.807) is 11.0 Å². The minimum atomic E-state index is -0.484. The lowest BCUT2D eigenvalue weighted by Crippen LogP contribution is -2.31. The molecule has 108 valence electrons. The summed E-state index contributed by atoms with van der Waals surface area (Å²) in [7, 11) is 3.21. The zero-order valence-electron chi connectivity index (χ0n) is 11.8. The molecule has 0 aliphatic heterocycles. The van der Waals surface area contributed by atoms with Crippen molar-refractivity contribution < 1.29 is 9.53 Å².